The maximum Gasteiger partial charge on any atom is 0.193 e. The van der Waals surface area contributed by atoms with E-state index in [0.29, 0.717) is 5.92 Å². The summed E-state index contributed by atoms with van der Waals surface area (Å²) in [5.74, 6) is 0.781. The molecule has 0 aromatic heterocycles. The van der Waals surface area contributed by atoms with E-state index < -0.39 is 15.9 Å². The molecule has 1 aliphatic rings. The lowest BCUT2D eigenvalue weighted by molar-refractivity contribution is 0.0783. The average molecular weight is 453 g/mol. The van der Waals surface area contributed by atoms with Crippen LogP contribution in [0.4, 0.5) is 5.69 Å². The highest BCUT2D eigenvalue weighted by Gasteiger charge is 2.25. The van der Waals surface area contributed by atoms with Crippen LogP contribution in [0.25, 0.3) is 0 Å². The van der Waals surface area contributed by atoms with Crippen molar-refractivity contribution in [3.05, 3.63) is 29.8 Å². The van der Waals surface area contributed by atoms with Crippen molar-refractivity contribution in [2.45, 2.75) is 25.9 Å². The smallest absolute Gasteiger partial charge is 0.193 e. The molecule has 0 amide bonds. The SMILES string of the molecule is CC(C)c1cccc(NC(N)=NCC2CS(=O)(=O)CCO2)c1.I. The molecule has 1 heterocycles. The number of nitrogens with one attached hydrogen (secondary N) is 1. The number of guanidine groups is 1. The van der Waals surface area contributed by atoms with Gasteiger partial charge < -0.3 is 15.8 Å². The highest BCUT2D eigenvalue weighted by atomic mass is 127. The first-order chi connectivity index (χ1) is 10.4. The fraction of sp³-hybridized carbons (Fsp3) is 0.533. The Balaban J connectivity index is 0.00000264. The standard InChI is InChI=1S/C15H23N3O3S.HI/c1-11(2)12-4-3-5-13(8-12)18-15(16)17-9-14-10-22(19,20)7-6-21-14;/h3-5,8,11,14H,6-7,9-10H2,1-2H3,(H3,16,17,18);1H. The van der Waals surface area contributed by atoms with E-state index >= 15 is 0 Å². The summed E-state index contributed by atoms with van der Waals surface area (Å²) in [6, 6.07) is 7.95. The number of nitrogens with zero attached hydrogens (tertiary/aromatic N) is 1. The van der Waals surface area contributed by atoms with Gasteiger partial charge in [-0.05, 0) is 23.6 Å². The predicted octanol–water partition coefficient (Wildman–Crippen LogP) is 1.97. The monoisotopic (exact) mass is 453 g/mol. The Morgan fingerprint density at radius 3 is 2.87 bits per heavy atom. The molecule has 1 aliphatic heterocycles. The molecule has 1 aromatic carbocycles. The van der Waals surface area contributed by atoms with Gasteiger partial charge in [0.1, 0.15) is 0 Å². The molecular formula is C15H24IN3O3S. The fourth-order valence-corrected chi connectivity index (χ4v) is 3.51. The van der Waals surface area contributed by atoms with Gasteiger partial charge in [0.05, 0.1) is 30.8 Å². The fourth-order valence-electron chi connectivity index (χ4n) is 2.22. The second-order valence-corrected chi connectivity index (χ2v) is 7.97. The van der Waals surface area contributed by atoms with Crippen molar-refractivity contribution in [2.75, 3.05) is 30.0 Å². The van der Waals surface area contributed by atoms with Gasteiger partial charge in [0, 0.05) is 5.69 Å². The van der Waals surface area contributed by atoms with Gasteiger partial charge in [0.15, 0.2) is 15.8 Å². The Labute approximate surface area is 154 Å². The van der Waals surface area contributed by atoms with E-state index in [9.17, 15) is 8.42 Å². The number of sulfone groups is 1. The number of rotatable bonds is 4. The molecule has 3 N–H and O–H groups in total. The summed E-state index contributed by atoms with van der Waals surface area (Å²) in [7, 11) is -3.01. The number of hydrogen-bond acceptors (Lipinski definition) is 4. The number of hydrogen-bond donors (Lipinski definition) is 2. The third kappa shape index (κ3) is 6.64. The first-order valence-electron chi connectivity index (χ1n) is 7.34. The lowest BCUT2D eigenvalue weighted by Crippen LogP contribution is -2.37. The van der Waals surface area contributed by atoms with Crippen LogP contribution in [0.5, 0.6) is 0 Å². The zero-order chi connectivity index (χ0) is 16.2. The van der Waals surface area contributed by atoms with Crippen molar-refractivity contribution >= 4 is 45.5 Å². The topological polar surface area (TPSA) is 93.8 Å². The molecule has 2 rings (SSSR count). The zero-order valence-electron chi connectivity index (χ0n) is 13.4. The van der Waals surface area contributed by atoms with Gasteiger partial charge in [-0.1, -0.05) is 26.0 Å². The maximum absolute atomic E-state index is 11.5. The molecule has 0 bridgehead atoms. The molecule has 8 heteroatoms. The highest BCUT2D eigenvalue weighted by Crippen LogP contribution is 2.18. The Bertz CT molecular complexity index is 647. The largest absolute Gasteiger partial charge is 0.374 e. The summed E-state index contributed by atoms with van der Waals surface area (Å²) in [5.41, 5.74) is 7.92. The van der Waals surface area contributed by atoms with Crippen LogP contribution >= 0.6 is 24.0 Å². The predicted molar refractivity (Wildman–Crippen MR) is 104 cm³/mol. The zero-order valence-corrected chi connectivity index (χ0v) is 16.5. The lowest BCUT2D eigenvalue weighted by Gasteiger charge is -2.21. The molecule has 0 aliphatic carbocycles. The summed E-state index contributed by atoms with van der Waals surface area (Å²) < 4.78 is 28.4. The van der Waals surface area contributed by atoms with E-state index in [1.807, 2.05) is 18.2 Å². The summed E-state index contributed by atoms with van der Waals surface area (Å²) >= 11 is 0. The van der Waals surface area contributed by atoms with Gasteiger partial charge in [0.2, 0.25) is 0 Å². The van der Waals surface area contributed by atoms with Crippen LogP contribution in [0.3, 0.4) is 0 Å². The normalized spacial score (nSPS) is 20.8. The van der Waals surface area contributed by atoms with Gasteiger partial charge in [-0.2, -0.15) is 0 Å². The van der Waals surface area contributed by atoms with E-state index in [2.05, 4.69) is 30.2 Å². The van der Waals surface area contributed by atoms with Gasteiger partial charge in [-0.25, -0.2) is 8.42 Å². The molecule has 23 heavy (non-hydrogen) atoms. The molecule has 1 unspecified atom stereocenters. The van der Waals surface area contributed by atoms with Crippen molar-refractivity contribution in [1.29, 1.82) is 0 Å². The summed E-state index contributed by atoms with van der Waals surface area (Å²) in [6.45, 7) is 4.71. The van der Waals surface area contributed by atoms with E-state index in [0.717, 1.165) is 5.69 Å². The van der Waals surface area contributed by atoms with Crippen LogP contribution in [-0.2, 0) is 14.6 Å². The minimum Gasteiger partial charge on any atom is -0.374 e. The molecule has 1 fully saturated rings. The Kier molecular flexibility index (Phi) is 7.75. The highest BCUT2D eigenvalue weighted by molar-refractivity contribution is 14.0. The number of halogens is 1. The molecule has 6 nitrogen and oxygen atoms in total. The minimum absolute atomic E-state index is 0. The van der Waals surface area contributed by atoms with Crippen LogP contribution in [0, 0.1) is 0 Å². The number of ether oxygens (including phenoxy) is 1. The Morgan fingerprint density at radius 2 is 2.22 bits per heavy atom. The van der Waals surface area contributed by atoms with Gasteiger partial charge in [-0.15, -0.1) is 24.0 Å². The second kappa shape index (κ2) is 8.84. The van der Waals surface area contributed by atoms with Crippen molar-refractivity contribution < 1.29 is 13.2 Å². The molecule has 1 aromatic rings. The molecule has 130 valence electrons. The maximum atomic E-state index is 11.5. The molecule has 0 spiro atoms. The average Bonchev–Trinajstić information content (AvgIpc) is 2.44. The molecule has 1 atom stereocenters. The molecule has 0 saturated carbocycles. The summed E-state index contributed by atoms with van der Waals surface area (Å²) in [5, 5.41) is 3.02. The number of benzene rings is 1. The molecular weight excluding hydrogens is 429 g/mol. The molecule has 0 radical (unpaired) electrons. The third-order valence-corrected chi connectivity index (χ3v) is 5.15. The molecule has 1 saturated heterocycles. The van der Waals surface area contributed by atoms with E-state index in [4.69, 9.17) is 10.5 Å². The van der Waals surface area contributed by atoms with Crippen molar-refractivity contribution in [3.8, 4) is 0 Å². The summed E-state index contributed by atoms with van der Waals surface area (Å²) in [4.78, 5) is 4.18. The van der Waals surface area contributed by atoms with Crippen LogP contribution in [0.1, 0.15) is 25.3 Å². The van der Waals surface area contributed by atoms with Gasteiger partial charge >= 0.3 is 0 Å². The second-order valence-electron chi connectivity index (χ2n) is 5.74. The minimum atomic E-state index is -3.01. The number of nitrogens with two attached hydrogens (primary N) is 1. The van der Waals surface area contributed by atoms with Crippen molar-refractivity contribution in [3.63, 3.8) is 0 Å². The third-order valence-electron chi connectivity index (χ3n) is 3.48. The van der Waals surface area contributed by atoms with Gasteiger partial charge in [-0.3, -0.25) is 4.99 Å². The van der Waals surface area contributed by atoms with Crippen LogP contribution < -0.4 is 11.1 Å². The first-order valence-corrected chi connectivity index (χ1v) is 9.17. The van der Waals surface area contributed by atoms with Crippen LogP contribution in [-0.4, -0.2) is 45.1 Å². The van der Waals surface area contributed by atoms with Crippen molar-refractivity contribution in [2.24, 2.45) is 10.7 Å². The first kappa shape index (κ1) is 20.2. The van der Waals surface area contributed by atoms with Crippen LogP contribution in [0.15, 0.2) is 29.3 Å². The van der Waals surface area contributed by atoms with Crippen molar-refractivity contribution in [1.82, 2.24) is 0 Å². The number of anilines is 1. The number of aliphatic imine (C=N–C) groups is 1. The van der Waals surface area contributed by atoms with Crippen LogP contribution in [0.2, 0.25) is 0 Å². The van der Waals surface area contributed by atoms with Gasteiger partial charge in [0.25, 0.3) is 0 Å². The Morgan fingerprint density at radius 1 is 1.48 bits per heavy atom. The van der Waals surface area contributed by atoms with E-state index in [1.165, 1.54) is 5.56 Å². The lowest BCUT2D eigenvalue weighted by atomic mass is 10.0. The quantitative estimate of drug-likeness (QED) is 0.413. The van der Waals surface area contributed by atoms with E-state index in [1.54, 1.807) is 0 Å². The summed E-state index contributed by atoms with van der Waals surface area (Å²) in [6.07, 6.45) is -0.416. The van der Waals surface area contributed by atoms with E-state index in [-0.39, 0.29) is 54.6 Å². The Hall–Kier alpha value is -0.870.